The van der Waals surface area contributed by atoms with Gasteiger partial charge in [0, 0.05) is 12.8 Å². The van der Waals surface area contributed by atoms with E-state index in [1.54, 1.807) is 0 Å². The third-order valence-corrected chi connectivity index (χ3v) is 7.17. The molecule has 130 valence electrons. The summed E-state index contributed by atoms with van der Waals surface area (Å²) in [6, 6.07) is 0. The highest BCUT2D eigenvalue weighted by atomic mass is 16.4. The van der Waals surface area contributed by atoms with Gasteiger partial charge in [-0.05, 0) is 67.3 Å². The van der Waals surface area contributed by atoms with Crippen molar-refractivity contribution in [2.24, 2.45) is 28.6 Å². The smallest absolute Gasteiger partial charge is 0.303 e. The topological polar surface area (TPSA) is 54.4 Å². The Morgan fingerprint density at radius 3 is 2.70 bits per heavy atom. The molecule has 0 bridgehead atoms. The van der Waals surface area contributed by atoms with E-state index in [4.69, 9.17) is 5.11 Å². The lowest BCUT2D eigenvalue weighted by Crippen LogP contribution is -2.51. The quantitative estimate of drug-likeness (QED) is 0.787. The zero-order chi connectivity index (χ0) is 17.4. The Labute approximate surface area is 140 Å². The highest BCUT2D eigenvalue weighted by Crippen LogP contribution is 2.61. The molecule has 0 spiro atoms. The van der Waals surface area contributed by atoms with E-state index in [1.807, 2.05) is 13.0 Å². The first-order chi connectivity index (χ1) is 10.6. The number of ketones is 1. The van der Waals surface area contributed by atoms with Crippen LogP contribution in [-0.4, -0.2) is 16.9 Å². The van der Waals surface area contributed by atoms with Gasteiger partial charge in [-0.2, -0.15) is 0 Å². The summed E-state index contributed by atoms with van der Waals surface area (Å²) in [5, 5.41) is 8.98. The van der Waals surface area contributed by atoms with Gasteiger partial charge in [0.25, 0.3) is 0 Å². The van der Waals surface area contributed by atoms with Crippen LogP contribution in [0.15, 0.2) is 11.6 Å². The third kappa shape index (κ3) is 3.39. The van der Waals surface area contributed by atoms with Gasteiger partial charge >= 0.3 is 5.97 Å². The van der Waals surface area contributed by atoms with Gasteiger partial charge in [0.15, 0.2) is 5.78 Å². The van der Waals surface area contributed by atoms with Crippen molar-refractivity contribution >= 4 is 11.8 Å². The van der Waals surface area contributed by atoms with Crippen molar-refractivity contribution in [1.82, 2.24) is 0 Å². The van der Waals surface area contributed by atoms with Crippen LogP contribution in [0.4, 0.5) is 0 Å². The summed E-state index contributed by atoms with van der Waals surface area (Å²) in [6.45, 7) is 11.1. The Hall–Kier alpha value is -1.12. The van der Waals surface area contributed by atoms with Gasteiger partial charge in [0.05, 0.1) is 0 Å². The first-order valence-corrected chi connectivity index (χ1v) is 9.03. The molecular weight excluding hydrogens is 288 g/mol. The lowest BCUT2D eigenvalue weighted by molar-refractivity contribution is -0.138. The summed E-state index contributed by atoms with van der Waals surface area (Å²) in [5.74, 6) is 0.713. The van der Waals surface area contributed by atoms with Crippen LogP contribution in [0.5, 0.6) is 0 Å². The fourth-order valence-corrected chi connectivity index (χ4v) is 5.07. The number of carboxylic acids is 1. The molecule has 0 aromatic heterocycles. The lowest BCUT2D eigenvalue weighted by Gasteiger charge is -2.57. The molecule has 1 fully saturated rings. The molecule has 23 heavy (non-hydrogen) atoms. The molecule has 3 heteroatoms. The van der Waals surface area contributed by atoms with Gasteiger partial charge in [-0.15, -0.1) is 0 Å². The molecular formula is C20H32O3. The average Bonchev–Trinajstić information content (AvgIpc) is 2.44. The number of allylic oxidation sites excluding steroid dienone is 2. The van der Waals surface area contributed by atoms with Crippen molar-refractivity contribution in [2.45, 2.75) is 73.1 Å². The van der Waals surface area contributed by atoms with Crippen LogP contribution in [0.3, 0.4) is 0 Å². The maximum absolute atomic E-state index is 12.2. The van der Waals surface area contributed by atoms with Crippen molar-refractivity contribution in [1.29, 1.82) is 0 Å². The Bertz CT molecular complexity index is 521. The highest BCUT2D eigenvalue weighted by molar-refractivity contribution is 5.92. The second-order valence-electron chi connectivity index (χ2n) is 8.66. The minimum Gasteiger partial charge on any atom is -0.481 e. The van der Waals surface area contributed by atoms with Crippen LogP contribution >= 0.6 is 0 Å². The molecule has 2 aliphatic carbocycles. The molecule has 0 radical (unpaired) electrons. The molecule has 0 aliphatic heterocycles. The van der Waals surface area contributed by atoms with Crippen LogP contribution in [-0.2, 0) is 9.59 Å². The van der Waals surface area contributed by atoms with E-state index in [1.165, 1.54) is 12.0 Å². The maximum Gasteiger partial charge on any atom is 0.303 e. The fraction of sp³-hybridized carbons (Fsp3) is 0.800. The van der Waals surface area contributed by atoms with E-state index >= 15 is 0 Å². The van der Waals surface area contributed by atoms with Crippen molar-refractivity contribution in [3.63, 3.8) is 0 Å². The Kier molecular flexibility index (Phi) is 5.08. The first kappa shape index (κ1) is 18.2. The number of aliphatic carboxylic acids is 1. The zero-order valence-electron chi connectivity index (χ0n) is 15.3. The molecule has 0 aromatic rings. The second-order valence-corrected chi connectivity index (χ2v) is 8.66. The van der Waals surface area contributed by atoms with E-state index in [2.05, 4.69) is 27.7 Å². The number of fused-ring (bicyclic) bond motifs is 1. The molecule has 0 amide bonds. The summed E-state index contributed by atoms with van der Waals surface area (Å²) >= 11 is 0. The van der Waals surface area contributed by atoms with Crippen LogP contribution in [0.1, 0.15) is 73.1 Å². The molecule has 2 rings (SSSR count). The van der Waals surface area contributed by atoms with Gasteiger partial charge in [-0.1, -0.05) is 33.3 Å². The lowest BCUT2D eigenvalue weighted by atomic mass is 9.46. The van der Waals surface area contributed by atoms with Crippen molar-refractivity contribution in [3.8, 4) is 0 Å². The first-order valence-electron chi connectivity index (χ1n) is 9.03. The molecule has 3 nitrogen and oxygen atoms in total. The predicted octanol–water partition coefficient (Wildman–Crippen LogP) is 4.86. The minimum atomic E-state index is -0.712. The summed E-state index contributed by atoms with van der Waals surface area (Å²) < 4.78 is 0. The normalized spacial score (nSPS) is 38.7. The van der Waals surface area contributed by atoms with Gasteiger partial charge in [0.2, 0.25) is 0 Å². The number of carboxylic acid groups (broad SMARTS) is 1. The number of carbonyl (C=O) groups is 2. The van der Waals surface area contributed by atoms with E-state index in [9.17, 15) is 9.59 Å². The summed E-state index contributed by atoms with van der Waals surface area (Å²) in [5.41, 5.74) is 1.49. The molecule has 0 heterocycles. The van der Waals surface area contributed by atoms with Crippen molar-refractivity contribution in [2.75, 3.05) is 0 Å². The molecule has 5 atom stereocenters. The second kappa shape index (κ2) is 6.41. The van der Waals surface area contributed by atoms with E-state index in [0.29, 0.717) is 18.3 Å². The van der Waals surface area contributed by atoms with Gasteiger partial charge < -0.3 is 5.11 Å². The van der Waals surface area contributed by atoms with Crippen LogP contribution < -0.4 is 0 Å². The number of carbonyl (C=O) groups excluding carboxylic acids is 1. The van der Waals surface area contributed by atoms with Crippen molar-refractivity contribution < 1.29 is 14.7 Å². The standard InChI is InChI=1S/C20H32O3/c1-13(10-18(22)23)6-8-19(4)14(2)7-9-20(5)15(3)11-16(21)12-17(19)20/h11,13-14,17H,6-10,12H2,1-5H3,(H,22,23)/t13-,14+,17-,19+,20+/m0/s1. The largest absolute Gasteiger partial charge is 0.481 e. The van der Waals surface area contributed by atoms with E-state index in [-0.39, 0.29) is 29.0 Å². The molecule has 1 saturated carbocycles. The number of rotatable bonds is 5. The monoisotopic (exact) mass is 320 g/mol. The number of hydrogen-bond donors (Lipinski definition) is 1. The Balaban J connectivity index is 2.22. The number of hydrogen-bond acceptors (Lipinski definition) is 2. The average molecular weight is 320 g/mol. The molecule has 1 N–H and O–H groups in total. The predicted molar refractivity (Wildman–Crippen MR) is 92.1 cm³/mol. The Morgan fingerprint density at radius 2 is 2.09 bits per heavy atom. The Morgan fingerprint density at radius 1 is 1.43 bits per heavy atom. The van der Waals surface area contributed by atoms with Gasteiger partial charge in [-0.25, -0.2) is 0 Å². The molecule has 0 unspecified atom stereocenters. The SMILES string of the molecule is CC1=CC(=O)C[C@H]2[C@](C)(CC[C@H](C)CC(=O)O)[C@H](C)CC[C@]12C. The zero-order valence-corrected chi connectivity index (χ0v) is 15.3. The molecule has 0 aromatic carbocycles. The van der Waals surface area contributed by atoms with Crippen molar-refractivity contribution in [3.05, 3.63) is 11.6 Å². The third-order valence-electron chi connectivity index (χ3n) is 7.17. The van der Waals surface area contributed by atoms with Crippen LogP contribution in [0, 0.1) is 28.6 Å². The molecule has 2 aliphatic rings. The minimum absolute atomic E-state index is 0.116. The summed E-state index contributed by atoms with van der Waals surface area (Å²) in [7, 11) is 0. The van der Waals surface area contributed by atoms with Gasteiger partial charge in [0.1, 0.15) is 0 Å². The highest BCUT2D eigenvalue weighted by Gasteiger charge is 2.54. The summed E-state index contributed by atoms with van der Waals surface area (Å²) in [4.78, 5) is 23.1. The summed E-state index contributed by atoms with van der Waals surface area (Å²) in [6.07, 6.45) is 7.05. The van der Waals surface area contributed by atoms with E-state index < -0.39 is 5.97 Å². The molecule has 0 saturated heterocycles. The van der Waals surface area contributed by atoms with Gasteiger partial charge in [-0.3, -0.25) is 9.59 Å². The van der Waals surface area contributed by atoms with Crippen LogP contribution in [0.2, 0.25) is 0 Å². The fourth-order valence-electron chi connectivity index (χ4n) is 5.07. The van der Waals surface area contributed by atoms with E-state index in [0.717, 1.165) is 19.3 Å². The van der Waals surface area contributed by atoms with Crippen LogP contribution in [0.25, 0.3) is 0 Å². The maximum atomic E-state index is 12.2.